The van der Waals surface area contributed by atoms with Crippen LogP contribution in [0, 0.1) is 11.8 Å². The minimum Gasteiger partial charge on any atom is -0.263 e. The van der Waals surface area contributed by atoms with Crippen molar-refractivity contribution in [2.24, 2.45) is 11.8 Å². The normalized spacial score (nSPS) is 29.2. The van der Waals surface area contributed by atoms with Crippen LogP contribution in [0.2, 0.25) is 0 Å². The highest BCUT2D eigenvalue weighted by molar-refractivity contribution is 9.10. The third kappa shape index (κ3) is 3.78. The fraction of sp³-hybridized carbons (Fsp3) is 0.643. The first-order chi connectivity index (χ1) is 8.19. The van der Waals surface area contributed by atoms with Gasteiger partial charge in [0.2, 0.25) is 0 Å². The summed E-state index contributed by atoms with van der Waals surface area (Å²) >= 11 is 7.35. The summed E-state index contributed by atoms with van der Waals surface area (Å²) in [6.07, 6.45) is 10.4. The summed E-state index contributed by atoms with van der Waals surface area (Å²) in [5.41, 5.74) is 1.35. The number of nitrogens with zero attached hydrogens (tertiary/aromatic N) is 1. The van der Waals surface area contributed by atoms with E-state index in [-0.39, 0.29) is 0 Å². The predicted molar refractivity (Wildman–Crippen MR) is 79.5 cm³/mol. The zero-order valence-corrected chi connectivity index (χ0v) is 13.4. The number of hydrogen-bond donors (Lipinski definition) is 0. The van der Waals surface area contributed by atoms with Gasteiger partial charge in [0.05, 0.1) is 0 Å². The Morgan fingerprint density at radius 3 is 2.88 bits per heavy atom. The fourth-order valence-corrected chi connectivity index (χ4v) is 3.86. The van der Waals surface area contributed by atoms with E-state index in [0.29, 0.717) is 4.83 Å². The summed E-state index contributed by atoms with van der Waals surface area (Å²) < 4.78 is 1.09. The van der Waals surface area contributed by atoms with Crippen LogP contribution in [0.3, 0.4) is 0 Å². The van der Waals surface area contributed by atoms with E-state index in [4.69, 9.17) is 0 Å². The molecule has 0 N–H and O–H groups in total. The van der Waals surface area contributed by atoms with Gasteiger partial charge in [0.15, 0.2) is 0 Å². The number of hydrogen-bond acceptors (Lipinski definition) is 1. The number of aromatic nitrogens is 1. The Kier molecular flexibility index (Phi) is 5.04. The van der Waals surface area contributed by atoms with Crippen molar-refractivity contribution >= 4 is 31.9 Å². The highest BCUT2D eigenvalue weighted by atomic mass is 79.9. The van der Waals surface area contributed by atoms with E-state index < -0.39 is 0 Å². The average Bonchev–Trinajstić information content (AvgIpc) is 2.32. The molecule has 1 saturated carbocycles. The molecule has 2 rings (SSSR count). The monoisotopic (exact) mass is 359 g/mol. The van der Waals surface area contributed by atoms with Crippen LogP contribution >= 0.6 is 31.9 Å². The van der Waals surface area contributed by atoms with Crippen molar-refractivity contribution in [3.05, 3.63) is 28.5 Å². The third-order valence-electron chi connectivity index (χ3n) is 3.84. The lowest BCUT2D eigenvalue weighted by Gasteiger charge is -2.33. The first kappa shape index (κ1) is 13.5. The Bertz CT molecular complexity index is 367. The van der Waals surface area contributed by atoms with E-state index in [1.165, 1.54) is 31.2 Å². The Balaban J connectivity index is 2.01. The Hall–Kier alpha value is 0.110. The molecular weight excluding hydrogens is 342 g/mol. The van der Waals surface area contributed by atoms with Crippen molar-refractivity contribution in [3.8, 4) is 0 Å². The third-order valence-corrected chi connectivity index (χ3v) is 5.47. The second kappa shape index (κ2) is 6.33. The van der Waals surface area contributed by atoms with E-state index in [1.54, 1.807) is 0 Å². The molecule has 0 amide bonds. The fourth-order valence-electron chi connectivity index (χ4n) is 2.78. The maximum absolute atomic E-state index is 4.25. The van der Waals surface area contributed by atoms with Gasteiger partial charge >= 0.3 is 0 Å². The Morgan fingerprint density at radius 1 is 1.35 bits per heavy atom. The number of rotatable bonds is 3. The zero-order chi connectivity index (χ0) is 12.3. The second-order valence-electron chi connectivity index (χ2n) is 5.08. The van der Waals surface area contributed by atoms with Crippen molar-refractivity contribution < 1.29 is 0 Å². The first-order valence-corrected chi connectivity index (χ1v) is 8.13. The molecule has 3 unspecified atom stereocenters. The van der Waals surface area contributed by atoms with Crippen molar-refractivity contribution in [3.63, 3.8) is 0 Å². The van der Waals surface area contributed by atoms with Gasteiger partial charge in [-0.05, 0) is 65.1 Å². The van der Waals surface area contributed by atoms with Crippen LogP contribution in [0.15, 0.2) is 22.9 Å². The van der Waals surface area contributed by atoms with Gasteiger partial charge in [-0.25, -0.2) is 0 Å². The van der Waals surface area contributed by atoms with Gasteiger partial charge in [-0.1, -0.05) is 29.3 Å². The lowest BCUT2D eigenvalue weighted by Crippen LogP contribution is -2.26. The molecule has 0 aromatic carbocycles. The van der Waals surface area contributed by atoms with Gasteiger partial charge in [0.25, 0.3) is 0 Å². The van der Waals surface area contributed by atoms with Crippen molar-refractivity contribution in [1.29, 1.82) is 0 Å². The van der Waals surface area contributed by atoms with Gasteiger partial charge in [0.1, 0.15) is 0 Å². The van der Waals surface area contributed by atoms with Gasteiger partial charge in [-0.15, -0.1) is 0 Å². The largest absolute Gasteiger partial charge is 0.263 e. The molecule has 3 heteroatoms. The van der Waals surface area contributed by atoms with Gasteiger partial charge in [0, 0.05) is 21.7 Å². The first-order valence-electron chi connectivity index (χ1n) is 6.42. The molecule has 1 nitrogen and oxygen atoms in total. The highest BCUT2D eigenvalue weighted by Gasteiger charge is 2.28. The molecule has 17 heavy (non-hydrogen) atoms. The molecule has 1 aliphatic rings. The van der Waals surface area contributed by atoms with Crippen molar-refractivity contribution in [1.82, 2.24) is 4.98 Å². The summed E-state index contributed by atoms with van der Waals surface area (Å²) in [6, 6.07) is 2.20. The lowest BCUT2D eigenvalue weighted by atomic mass is 9.78. The molecule has 1 aromatic heterocycles. The number of alkyl halides is 1. The zero-order valence-electron chi connectivity index (χ0n) is 10.2. The van der Waals surface area contributed by atoms with E-state index in [1.807, 2.05) is 12.4 Å². The van der Waals surface area contributed by atoms with Crippen LogP contribution in [0.25, 0.3) is 0 Å². The highest BCUT2D eigenvalue weighted by Crippen LogP contribution is 2.37. The minimum atomic E-state index is 0.685. The average molecular weight is 361 g/mol. The lowest BCUT2D eigenvalue weighted by molar-refractivity contribution is 0.271. The number of pyridine rings is 1. The SMILES string of the molecule is CCC1CCC(Br)C(Cc2cncc(Br)c2)C1. The number of halogens is 2. The van der Waals surface area contributed by atoms with Crippen LogP contribution < -0.4 is 0 Å². The molecule has 1 heterocycles. The summed E-state index contributed by atoms with van der Waals surface area (Å²) in [4.78, 5) is 4.94. The molecule has 1 fully saturated rings. The molecule has 94 valence electrons. The molecule has 0 aliphatic heterocycles. The van der Waals surface area contributed by atoms with Crippen LogP contribution in [-0.4, -0.2) is 9.81 Å². The molecular formula is C14H19Br2N. The van der Waals surface area contributed by atoms with Crippen LogP contribution in [0.4, 0.5) is 0 Å². The Morgan fingerprint density at radius 2 is 2.18 bits per heavy atom. The van der Waals surface area contributed by atoms with Crippen molar-refractivity contribution in [2.45, 2.75) is 43.9 Å². The summed E-state index contributed by atoms with van der Waals surface area (Å²) in [6.45, 7) is 2.32. The second-order valence-corrected chi connectivity index (χ2v) is 7.17. The van der Waals surface area contributed by atoms with E-state index in [9.17, 15) is 0 Å². The molecule has 0 spiro atoms. The van der Waals surface area contributed by atoms with E-state index in [0.717, 1.165) is 22.7 Å². The minimum absolute atomic E-state index is 0.685. The van der Waals surface area contributed by atoms with Gasteiger partial charge in [-0.2, -0.15) is 0 Å². The van der Waals surface area contributed by atoms with Crippen LogP contribution in [0.5, 0.6) is 0 Å². The maximum Gasteiger partial charge on any atom is 0.0410 e. The molecule has 1 aliphatic carbocycles. The van der Waals surface area contributed by atoms with Crippen LogP contribution in [-0.2, 0) is 6.42 Å². The smallest absolute Gasteiger partial charge is 0.0410 e. The van der Waals surface area contributed by atoms with Gasteiger partial charge in [-0.3, -0.25) is 4.98 Å². The summed E-state index contributed by atoms with van der Waals surface area (Å²) in [7, 11) is 0. The standard InChI is InChI=1S/C14H19Br2N/c1-2-10-3-4-14(16)12(5-10)6-11-7-13(15)9-17-8-11/h7-10,12,14H,2-6H2,1H3. The molecule has 1 aromatic rings. The Labute approximate surface area is 121 Å². The maximum atomic E-state index is 4.25. The topological polar surface area (TPSA) is 12.9 Å². The van der Waals surface area contributed by atoms with E-state index in [2.05, 4.69) is 49.8 Å². The molecule has 3 atom stereocenters. The molecule has 0 bridgehead atoms. The van der Waals surface area contributed by atoms with Gasteiger partial charge < -0.3 is 0 Å². The summed E-state index contributed by atoms with van der Waals surface area (Å²) in [5, 5.41) is 0. The van der Waals surface area contributed by atoms with E-state index >= 15 is 0 Å². The summed E-state index contributed by atoms with van der Waals surface area (Å²) in [5.74, 6) is 1.69. The quantitative estimate of drug-likeness (QED) is 0.693. The predicted octanol–water partition coefficient (Wildman–Crippen LogP) is 4.98. The molecule has 0 radical (unpaired) electrons. The van der Waals surface area contributed by atoms with Crippen LogP contribution in [0.1, 0.15) is 38.2 Å². The molecule has 0 saturated heterocycles. The van der Waals surface area contributed by atoms with Crippen molar-refractivity contribution in [2.75, 3.05) is 0 Å².